The number of aromatic nitrogens is 1. The maximum Gasteiger partial charge on any atom is 0.230 e. The molecule has 1 fully saturated rings. The van der Waals surface area contributed by atoms with E-state index < -0.39 is 0 Å². The number of rotatable bonds is 2. The molecule has 1 aromatic carbocycles. The van der Waals surface area contributed by atoms with Gasteiger partial charge in [-0.25, -0.2) is 0 Å². The molecular formula is C13H14N2O. The third-order valence-electron chi connectivity index (χ3n) is 3.30. The predicted octanol–water partition coefficient (Wildman–Crippen LogP) is 3.19. The third-order valence-corrected chi connectivity index (χ3v) is 3.30. The highest BCUT2D eigenvalue weighted by molar-refractivity contribution is 5.75. The van der Waals surface area contributed by atoms with Gasteiger partial charge < -0.3 is 10.3 Å². The summed E-state index contributed by atoms with van der Waals surface area (Å²) in [4.78, 5) is 0. The topological polar surface area (TPSA) is 52.0 Å². The molecule has 1 heterocycles. The van der Waals surface area contributed by atoms with Crippen molar-refractivity contribution in [3.8, 4) is 11.1 Å². The van der Waals surface area contributed by atoms with Crippen LogP contribution < -0.4 is 5.73 Å². The van der Waals surface area contributed by atoms with Gasteiger partial charge in [0.1, 0.15) is 0 Å². The summed E-state index contributed by atoms with van der Waals surface area (Å²) in [6.45, 7) is 0. The number of nitrogen functional groups attached to an aromatic ring is 1. The van der Waals surface area contributed by atoms with Gasteiger partial charge in [-0.1, -0.05) is 41.9 Å². The molecule has 2 aromatic rings. The lowest BCUT2D eigenvalue weighted by atomic mass is 9.80. The van der Waals surface area contributed by atoms with Gasteiger partial charge in [0.2, 0.25) is 5.88 Å². The number of nitrogens with two attached hydrogens (primary N) is 1. The van der Waals surface area contributed by atoms with Crippen LogP contribution in [0.3, 0.4) is 0 Å². The molecule has 3 rings (SSSR count). The molecule has 1 saturated carbocycles. The van der Waals surface area contributed by atoms with E-state index >= 15 is 0 Å². The molecule has 0 bridgehead atoms. The molecule has 0 unspecified atom stereocenters. The first-order chi connectivity index (χ1) is 7.86. The van der Waals surface area contributed by atoms with Crippen LogP contribution in [0, 0.1) is 0 Å². The quantitative estimate of drug-likeness (QED) is 0.835. The molecule has 1 aliphatic carbocycles. The van der Waals surface area contributed by atoms with Crippen LogP contribution in [0.15, 0.2) is 34.9 Å². The fraction of sp³-hybridized carbons (Fsp3) is 0.308. The van der Waals surface area contributed by atoms with Crippen LogP contribution in [0.4, 0.5) is 5.88 Å². The molecule has 0 amide bonds. The Balaban J connectivity index is 2.08. The maximum absolute atomic E-state index is 5.86. The second-order valence-corrected chi connectivity index (χ2v) is 4.30. The van der Waals surface area contributed by atoms with Gasteiger partial charge in [0.15, 0.2) is 0 Å². The monoisotopic (exact) mass is 214 g/mol. The minimum Gasteiger partial charge on any atom is -0.367 e. The Morgan fingerprint density at radius 3 is 2.56 bits per heavy atom. The van der Waals surface area contributed by atoms with Crippen molar-refractivity contribution in [2.24, 2.45) is 0 Å². The number of hydrogen-bond donors (Lipinski definition) is 1. The van der Waals surface area contributed by atoms with Crippen LogP contribution in [0.5, 0.6) is 0 Å². The Bertz CT molecular complexity index is 486. The molecule has 82 valence electrons. The van der Waals surface area contributed by atoms with E-state index in [1.807, 2.05) is 30.3 Å². The highest BCUT2D eigenvalue weighted by atomic mass is 16.5. The summed E-state index contributed by atoms with van der Waals surface area (Å²) in [7, 11) is 0. The lowest BCUT2D eigenvalue weighted by Gasteiger charge is -2.23. The maximum atomic E-state index is 5.86. The Hall–Kier alpha value is -1.77. The molecule has 1 aromatic heterocycles. The van der Waals surface area contributed by atoms with Gasteiger partial charge in [-0.15, -0.1) is 0 Å². The summed E-state index contributed by atoms with van der Waals surface area (Å²) in [5.41, 5.74) is 8.99. The molecule has 3 nitrogen and oxygen atoms in total. The lowest BCUT2D eigenvalue weighted by molar-refractivity contribution is 0.369. The zero-order chi connectivity index (χ0) is 11.0. The van der Waals surface area contributed by atoms with E-state index in [0.717, 1.165) is 16.8 Å². The van der Waals surface area contributed by atoms with Gasteiger partial charge in [-0.05, 0) is 18.4 Å². The first-order valence-corrected chi connectivity index (χ1v) is 5.66. The van der Waals surface area contributed by atoms with Gasteiger partial charge in [0.25, 0.3) is 0 Å². The van der Waals surface area contributed by atoms with Crippen molar-refractivity contribution in [3.63, 3.8) is 0 Å². The van der Waals surface area contributed by atoms with Crippen molar-refractivity contribution in [1.29, 1.82) is 0 Å². The fourth-order valence-electron chi connectivity index (χ4n) is 2.17. The molecule has 1 aliphatic rings. The number of benzene rings is 1. The zero-order valence-corrected chi connectivity index (χ0v) is 9.02. The summed E-state index contributed by atoms with van der Waals surface area (Å²) >= 11 is 0. The van der Waals surface area contributed by atoms with Gasteiger partial charge in [0, 0.05) is 5.92 Å². The minimum absolute atomic E-state index is 0.438. The standard InChI is InChI=1S/C13H14N2O/c14-13-11(9-5-2-1-3-6-9)12(15-16-13)10-7-4-8-10/h1-3,5-6,10H,4,7-8,14H2. The molecule has 0 atom stereocenters. The van der Waals surface area contributed by atoms with Gasteiger partial charge in [-0.3, -0.25) is 0 Å². The Kier molecular flexibility index (Phi) is 2.17. The van der Waals surface area contributed by atoms with E-state index in [2.05, 4.69) is 5.16 Å². The summed E-state index contributed by atoms with van der Waals surface area (Å²) in [6, 6.07) is 10.1. The molecule has 0 saturated heterocycles. The Labute approximate surface area is 94.2 Å². The summed E-state index contributed by atoms with van der Waals surface area (Å²) in [5, 5.41) is 4.11. The SMILES string of the molecule is Nc1onc(C2CCC2)c1-c1ccccc1. The van der Waals surface area contributed by atoms with Crippen molar-refractivity contribution in [1.82, 2.24) is 5.16 Å². The van der Waals surface area contributed by atoms with Crippen molar-refractivity contribution in [2.75, 3.05) is 5.73 Å². The van der Waals surface area contributed by atoms with E-state index in [4.69, 9.17) is 10.3 Å². The highest BCUT2D eigenvalue weighted by Crippen LogP contribution is 2.42. The number of hydrogen-bond acceptors (Lipinski definition) is 3. The van der Waals surface area contributed by atoms with E-state index in [1.165, 1.54) is 19.3 Å². The summed E-state index contributed by atoms with van der Waals surface area (Å²) < 4.78 is 5.13. The van der Waals surface area contributed by atoms with Crippen molar-refractivity contribution >= 4 is 5.88 Å². The minimum atomic E-state index is 0.438. The van der Waals surface area contributed by atoms with Gasteiger partial charge in [0.05, 0.1) is 11.3 Å². The lowest BCUT2D eigenvalue weighted by Crippen LogP contribution is -2.10. The van der Waals surface area contributed by atoms with Crippen molar-refractivity contribution in [2.45, 2.75) is 25.2 Å². The summed E-state index contributed by atoms with van der Waals surface area (Å²) in [5.74, 6) is 0.976. The zero-order valence-electron chi connectivity index (χ0n) is 9.02. The molecule has 0 spiro atoms. The van der Waals surface area contributed by atoms with E-state index in [1.54, 1.807) is 0 Å². The number of nitrogens with zero attached hydrogens (tertiary/aromatic N) is 1. The van der Waals surface area contributed by atoms with Crippen molar-refractivity contribution < 1.29 is 4.52 Å². The van der Waals surface area contributed by atoms with E-state index in [-0.39, 0.29) is 0 Å². The molecule has 0 aliphatic heterocycles. The van der Waals surface area contributed by atoms with Crippen LogP contribution in [-0.2, 0) is 0 Å². The van der Waals surface area contributed by atoms with E-state index in [9.17, 15) is 0 Å². The third kappa shape index (κ3) is 1.40. The molecule has 3 heteroatoms. The highest BCUT2D eigenvalue weighted by Gasteiger charge is 2.27. The van der Waals surface area contributed by atoms with Gasteiger partial charge >= 0.3 is 0 Å². The number of anilines is 1. The molecular weight excluding hydrogens is 200 g/mol. The smallest absolute Gasteiger partial charge is 0.230 e. The second kappa shape index (κ2) is 3.67. The average molecular weight is 214 g/mol. The normalized spacial score (nSPS) is 16.0. The first kappa shape index (κ1) is 9.46. The first-order valence-electron chi connectivity index (χ1n) is 5.66. The molecule has 2 N–H and O–H groups in total. The van der Waals surface area contributed by atoms with Crippen LogP contribution >= 0.6 is 0 Å². The molecule has 0 radical (unpaired) electrons. The predicted molar refractivity (Wildman–Crippen MR) is 62.9 cm³/mol. The van der Waals surface area contributed by atoms with Crippen molar-refractivity contribution in [3.05, 3.63) is 36.0 Å². The largest absolute Gasteiger partial charge is 0.367 e. The van der Waals surface area contributed by atoms with Crippen LogP contribution in [-0.4, -0.2) is 5.16 Å². The van der Waals surface area contributed by atoms with E-state index in [0.29, 0.717) is 11.8 Å². The average Bonchev–Trinajstić information content (AvgIpc) is 2.59. The Morgan fingerprint density at radius 2 is 1.94 bits per heavy atom. The van der Waals surface area contributed by atoms with Gasteiger partial charge in [-0.2, -0.15) is 0 Å². The fourth-order valence-corrected chi connectivity index (χ4v) is 2.17. The second-order valence-electron chi connectivity index (χ2n) is 4.30. The van der Waals surface area contributed by atoms with Crippen LogP contribution in [0.25, 0.3) is 11.1 Å². The van der Waals surface area contributed by atoms with Crippen LogP contribution in [0.2, 0.25) is 0 Å². The Morgan fingerprint density at radius 1 is 1.19 bits per heavy atom. The summed E-state index contributed by atoms with van der Waals surface area (Å²) in [6.07, 6.45) is 3.68. The van der Waals surface area contributed by atoms with Crippen LogP contribution in [0.1, 0.15) is 30.9 Å². The molecule has 16 heavy (non-hydrogen) atoms.